The van der Waals surface area contributed by atoms with Crippen LogP contribution in [-0.2, 0) is 4.74 Å². The first-order valence-corrected chi connectivity index (χ1v) is 7.80. The average molecular weight is 310 g/mol. The molecule has 2 N–H and O–H groups in total. The average Bonchev–Trinajstić information content (AvgIpc) is 2.95. The van der Waals surface area contributed by atoms with Crippen molar-refractivity contribution in [1.82, 2.24) is 19.9 Å². The van der Waals surface area contributed by atoms with E-state index in [9.17, 15) is 0 Å². The van der Waals surface area contributed by atoms with Gasteiger partial charge >= 0.3 is 0 Å². The Morgan fingerprint density at radius 1 is 1.43 bits per heavy atom. The maximum atomic E-state index is 6.01. The van der Waals surface area contributed by atoms with Crippen LogP contribution in [0, 0.1) is 0 Å². The molecule has 0 spiro atoms. The van der Waals surface area contributed by atoms with Crippen molar-refractivity contribution in [2.24, 2.45) is 0 Å². The summed E-state index contributed by atoms with van der Waals surface area (Å²) in [5, 5.41) is 3.70. The molecule has 3 heterocycles. The molecule has 1 aliphatic rings. The number of hydrogen-bond acceptors (Lipinski definition) is 5. The topological polar surface area (TPSA) is 75.7 Å². The molecule has 1 saturated heterocycles. The number of ether oxygens (including phenoxy) is 1. The minimum Gasteiger partial charge on any atom is -0.375 e. The predicted molar refractivity (Wildman–Crippen MR) is 82.6 cm³/mol. The van der Waals surface area contributed by atoms with Crippen molar-refractivity contribution in [3.63, 3.8) is 0 Å². The molecule has 0 aromatic carbocycles. The standard InChI is InChI=1S/C14H20ClN5O/c1-3-14(4-2)7-9(5-6-21-14)18-12-10-11(17-8-16-10)19-13(15)20-12/h8-9H,3-7H2,1-2H3,(H2,16,17,18,19,20). The predicted octanol–water partition coefficient (Wildman–Crippen LogP) is 3.16. The first kappa shape index (κ1) is 14.5. The van der Waals surface area contributed by atoms with E-state index in [0.29, 0.717) is 11.7 Å². The normalized spacial score (nSPS) is 21.6. The van der Waals surface area contributed by atoms with Crippen LogP contribution in [0.2, 0.25) is 5.28 Å². The SMILES string of the molecule is CCC1(CC)CC(Nc2nc(Cl)nc3nc[nH]c23)CCO1. The Morgan fingerprint density at radius 2 is 2.24 bits per heavy atom. The second-order valence-electron chi connectivity index (χ2n) is 5.52. The van der Waals surface area contributed by atoms with Gasteiger partial charge < -0.3 is 15.0 Å². The summed E-state index contributed by atoms with van der Waals surface area (Å²) in [5.74, 6) is 0.718. The highest BCUT2D eigenvalue weighted by molar-refractivity contribution is 6.28. The molecule has 0 saturated carbocycles. The molecule has 0 aliphatic carbocycles. The van der Waals surface area contributed by atoms with Crippen LogP contribution < -0.4 is 5.32 Å². The number of imidazole rings is 1. The second kappa shape index (κ2) is 5.77. The lowest BCUT2D eigenvalue weighted by molar-refractivity contribution is -0.0864. The van der Waals surface area contributed by atoms with Gasteiger partial charge in [-0.15, -0.1) is 0 Å². The highest BCUT2D eigenvalue weighted by Gasteiger charge is 2.34. The van der Waals surface area contributed by atoms with Gasteiger partial charge in [0, 0.05) is 12.6 Å². The first-order chi connectivity index (χ1) is 10.2. The largest absolute Gasteiger partial charge is 0.375 e. The quantitative estimate of drug-likeness (QED) is 0.848. The Bertz CT molecular complexity index is 625. The fourth-order valence-electron chi connectivity index (χ4n) is 3.00. The van der Waals surface area contributed by atoms with E-state index in [0.717, 1.165) is 43.6 Å². The van der Waals surface area contributed by atoms with Gasteiger partial charge in [-0.2, -0.15) is 9.97 Å². The Morgan fingerprint density at radius 3 is 3.00 bits per heavy atom. The van der Waals surface area contributed by atoms with E-state index >= 15 is 0 Å². The number of halogens is 1. The third-order valence-electron chi connectivity index (χ3n) is 4.38. The van der Waals surface area contributed by atoms with Crippen molar-refractivity contribution in [2.45, 2.75) is 51.2 Å². The Labute approximate surface area is 128 Å². The van der Waals surface area contributed by atoms with Gasteiger partial charge in [0.15, 0.2) is 11.5 Å². The molecule has 0 radical (unpaired) electrons. The molecule has 6 nitrogen and oxygen atoms in total. The zero-order valence-electron chi connectivity index (χ0n) is 12.3. The zero-order chi connectivity index (χ0) is 14.9. The van der Waals surface area contributed by atoms with Crippen molar-refractivity contribution in [3.05, 3.63) is 11.6 Å². The summed E-state index contributed by atoms with van der Waals surface area (Å²) < 4.78 is 6.01. The summed E-state index contributed by atoms with van der Waals surface area (Å²) >= 11 is 5.97. The molecule has 1 unspecified atom stereocenters. The fourth-order valence-corrected chi connectivity index (χ4v) is 3.16. The van der Waals surface area contributed by atoms with Crippen LogP contribution in [-0.4, -0.2) is 38.2 Å². The summed E-state index contributed by atoms with van der Waals surface area (Å²) in [6, 6.07) is 0.316. The number of fused-ring (bicyclic) bond motifs is 1. The molecule has 0 amide bonds. The smallest absolute Gasteiger partial charge is 0.226 e. The van der Waals surface area contributed by atoms with Crippen LogP contribution in [0.5, 0.6) is 0 Å². The highest BCUT2D eigenvalue weighted by Crippen LogP contribution is 2.33. The van der Waals surface area contributed by atoms with Crippen molar-refractivity contribution >= 4 is 28.6 Å². The molecular formula is C14H20ClN5O. The monoisotopic (exact) mass is 309 g/mol. The fraction of sp³-hybridized carbons (Fsp3) is 0.643. The first-order valence-electron chi connectivity index (χ1n) is 7.43. The Kier molecular flexibility index (Phi) is 3.99. The van der Waals surface area contributed by atoms with Gasteiger partial charge in [-0.1, -0.05) is 13.8 Å². The van der Waals surface area contributed by atoms with Crippen molar-refractivity contribution in [1.29, 1.82) is 0 Å². The van der Waals surface area contributed by atoms with Crippen LogP contribution in [0.15, 0.2) is 6.33 Å². The summed E-state index contributed by atoms with van der Waals surface area (Å²) in [6.07, 6.45) is 5.57. The van der Waals surface area contributed by atoms with Gasteiger partial charge in [-0.3, -0.25) is 0 Å². The van der Waals surface area contributed by atoms with E-state index in [1.54, 1.807) is 6.33 Å². The third kappa shape index (κ3) is 2.82. The lowest BCUT2D eigenvalue weighted by Gasteiger charge is -2.40. The van der Waals surface area contributed by atoms with Crippen LogP contribution >= 0.6 is 11.6 Å². The van der Waals surface area contributed by atoms with Crippen LogP contribution in [0.4, 0.5) is 5.82 Å². The summed E-state index contributed by atoms with van der Waals surface area (Å²) in [6.45, 7) is 5.13. The molecule has 1 atom stereocenters. The Hall–Kier alpha value is -1.40. The highest BCUT2D eigenvalue weighted by atomic mass is 35.5. The molecule has 0 bridgehead atoms. The van der Waals surface area contributed by atoms with E-state index in [1.165, 1.54) is 0 Å². The molecule has 1 aliphatic heterocycles. The minimum absolute atomic E-state index is 0.0279. The lowest BCUT2D eigenvalue weighted by Crippen LogP contribution is -2.43. The van der Waals surface area contributed by atoms with Crippen LogP contribution in [0.1, 0.15) is 39.5 Å². The second-order valence-corrected chi connectivity index (χ2v) is 5.85. The number of anilines is 1. The van der Waals surface area contributed by atoms with Crippen molar-refractivity contribution in [2.75, 3.05) is 11.9 Å². The summed E-state index contributed by atoms with van der Waals surface area (Å²) in [4.78, 5) is 15.6. The van der Waals surface area contributed by atoms with Gasteiger partial charge in [0.05, 0.1) is 11.9 Å². The maximum Gasteiger partial charge on any atom is 0.226 e. The van der Waals surface area contributed by atoms with Gasteiger partial charge in [0.1, 0.15) is 5.52 Å². The number of nitrogens with one attached hydrogen (secondary N) is 2. The number of rotatable bonds is 4. The van der Waals surface area contributed by atoms with E-state index in [1.807, 2.05) is 0 Å². The maximum absolute atomic E-state index is 6.01. The minimum atomic E-state index is -0.0279. The van der Waals surface area contributed by atoms with Gasteiger partial charge in [-0.05, 0) is 37.3 Å². The van der Waals surface area contributed by atoms with Gasteiger partial charge in [0.25, 0.3) is 0 Å². The molecule has 7 heteroatoms. The molecule has 21 heavy (non-hydrogen) atoms. The van der Waals surface area contributed by atoms with Crippen LogP contribution in [0.3, 0.4) is 0 Å². The molecule has 114 valence electrons. The van der Waals surface area contributed by atoms with E-state index in [2.05, 4.69) is 39.1 Å². The number of aromatic nitrogens is 4. The number of H-pyrrole nitrogens is 1. The number of nitrogens with zero attached hydrogens (tertiary/aromatic N) is 3. The van der Waals surface area contributed by atoms with Crippen LogP contribution in [0.25, 0.3) is 11.2 Å². The van der Waals surface area contributed by atoms with Gasteiger partial charge in [-0.25, -0.2) is 4.98 Å². The van der Waals surface area contributed by atoms with E-state index < -0.39 is 0 Å². The van der Waals surface area contributed by atoms with Crippen molar-refractivity contribution in [3.8, 4) is 0 Å². The summed E-state index contributed by atoms with van der Waals surface area (Å²) in [5.41, 5.74) is 1.35. The molecule has 1 fully saturated rings. The van der Waals surface area contributed by atoms with Crippen molar-refractivity contribution < 1.29 is 4.74 Å². The third-order valence-corrected chi connectivity index (χ3v) is 4.55. The lowest BCUT2D eigenvalue weighted by atomic mass is 9.86. The summed E-state index contributed by atoms with van der Waals surface area (Å²) in [7, 11) is 0. The number of aromatic amines is 1. The van der Waals surface area contributed by atoms with Gasteiger partial charge in [0.2, 0.25) is 5.28 Å². The molecular weight excluding hydrogens is 290 g/mol. The van der Waals surface area contributed by atoms with E-state index in [4.69, 9.17) is 16.3 Å². The van der Waals surface area contributed by atoms with E-state index in [-0.39, 0.29) is 10.9 Å². The zero-order valence-corrected chi connectivity index (χ0v) is 13.1. The molecule has 3 rings (SSSR count). The Balaban J connectivity index is 1.83. The molecule has 2 aromatic rings. The number of hydrogen-bond donors (Lipinski definition) is 2. The molecule has 2 aromatic heterocycles.